The van der Waals surface area contributed by atoms with Gasteiger partial charge in [0.15, 0.2) is 6.29 Å². The molecule has 1 aliphatic rings. The molecule has 112 valence electrons. The molecule has 2 aromatic rings. The van der Waals surface area contributed by atoms with Gasteiger partial charge in [-0.2, -0.15) is 0 Å². The smallest absolute Gasteiger partial charge is 0.204 e. The van der Waals surface area contributed by atoms with Gasteiger partial charge in [-0.05, 0) is 29.3 Å². The molecule has 0 saturated carbocycles. The van der Waals surface area contributed by atoms with E-state index >= 15 is 0 Å². The molecule has 3 rings (SSSR count). The first-order valence-electron chi connectivity index (χ1n) is 7.18. The highest BCUT2D eigenvalue weighted by Crippen LogP contribution is 2.37. The lowest BCUT2D eigenvalue weighted by molar-refractivity contribution is -0.130. The molecule has 22 heavy (non-hydrogen) atoms. The van der Waals surface area contributed by atoms with Gasteiger partial charge >= 0.3 is 0 Å². The molecule has 1 heterocycles. The van der Waals surface area contributed by atoms with Crippen molar-refractivity contribution < 1.29 is 14.3 Å². The number of carbonyl (C=O) groups excluding carboxylic acids is 2. The Bertz CT molecular complexity index is 694. The molecule has 0 radical (unpaired) electrons. The number of hydrogen-bond acceptors (Lipinski definition) is 4. The number of benzene rings is 2. The number of ether oxygens (including phenoxy) is 1. The quantitative estimate of drug-likeness (QED) is 0.628. The average molecular weight is 295 g/mol. The summed E-state index contributed by atoms with van der Waals surface area (Å²) in [5, 5.41) is 0. The van der Waals surface area contributed by atoms with Crippen LogP contribution >= 0.6 is 0 Å². The third-order valence-corrected chi connectivity index (χ3v) is 4.05. The van der Waals surface area contributed by atoms with Crippen LogP contribution in [0.2, 0.25) is 0 Å². The molecule has 1 unspecified atom stereocenters. The van der Waals surface area contributed by atoms with Gasteiger partial charge in [-0.15, -0.1) is 0 Å². The summed E-state index contributed by atoms with van der Waals surface area (Å²) in [5.41, 5.74) is 3.10. The van der Waals surface area contributed by atoms with Crippen molar-refractivity contribution in [1.29, 1.82) is 0 Å². The molecule has 1 atom stereocenters. The first-order chi connectivity index (χ1) is 10.7. The minimum atomic E-state index is -0.357. The van der Waals surface area contributed by atoms with E-state index in [4.69, 9.17) is 4.74 Å². The maximum Gasteiger partial charge on any atom is 0.204 e. The van der Waals surface area contributed by atoms with Crippen LogP contribution in [0.25, 0.3) is 0 Å². The predicted molar refractivity (Wildman–Crippen MR) is 84.3 cm³/mol. The third-order valence-electron chi connectivity index (χ3n) is 4.05. The lowest BCUT2D eigenvalue weighted by Gasteiger charge is -2.20. The van der Waals surface area contributed by atoms with Crippen LogP contribution in [0.1, 0.15) is 17.0 Å². The number of fused-ring (bicyclic) bond motifs is 1. The number of para-hydroxylation sites is 1. The second-order valence-corrected chi connectivity index (χ2v) is 5.36. The summed E-state index contributed by atoms with van der Waals surface area (Å²) in [6.45, 7) is 1.24. The molecule has 0 saturated heterocycles. The maximum atomic E-state index is 11.8. The lowest BCUT2D eigenvalue weighted by Crippen LogP contribution is -2.24. The zero-order valence-electron chi connectivity index (χ0n) is 12.4. The van der Waals surface area contributed by atoms with Crippen molar-refractivity contribution in [2.45, 2.75) is 12.5 Å². The highest BCUT2D eigenvalue weighted by atomic mass is 16.5. The van der Waals surface area contributed by atoms with Crippen molar-refractivity contribution in [3.8, 4) is 5.75 Å². The van der Waals surface area contributed by atoms with E-state index in [2.05, 4.69) is 4.90 Å². The van der Waals surface area contributed by atoms with Gasteiger partial charge in [0.2, 0.25) is 5.78 Å². The van der Waals surface area contributed by atoms with Gasteiger partial charge in [0.05, 0.1) is 13.0 Å². The van der Waals surface area contributed by atoms with Gasteiger partial charge in [-0.3, -0.25) is 9.59 Å². The second kappa shape index (κ2) is 6.02. The van der Waals surface area contributed by atoms with Crippen molar-refractivity contribution in [2.24, 2.45) is 0 Å². The fraction of sp³-hybridized carbons (Fsp3) is 0.222. The Kier molecular flexibility index (Phi) is 3.92. The highest BCUT2D eigenvalue weighted by molar-refractivity contribution is 6.28. The Labute approximate surface area is 129 Å². The largest absolute Gasteiger partial charge is 0.497 e. The Morgan fingerprint density at radius 1 is 1.23 bits per heavy atom. The van der Waals surface area contributed by atoms with E-state index in [-0.39, 0.29) is 11.7 Å². The molecule has 1 aliphatic heterocycles. The van der Waals surface area contributed by atoms with Crippen molar-refractivity contribution in [1.82, 2.24) is 0 Å². The first-order valence-corrected chi connectivity index (χ1v) is 7.18. The predicted octanol–water partition coefficient (Wildman–Crippen LogP) is 2.57. The lowest BCUT2D eigenvalue weighted by atomic mass is 9.98. The van der Waals surface area contributed by atoms with Crippen LogP contribution in [0.4, 0.5) is 5.69 Å². The van der Waals surface area contributed by atoms with Gasteiger partial charge in [0.25, 0.3) is 0 Å². The summed E-state index contributed by atoms with van der Waals surface area (Å²) in [4.78, 5) is 24.8. The number of anilines is 1. The van der Waals surface area contributed by atoms with E-state index in [1.54, 1.807) is 7.11 Å². The van der Waals surface area contributed by atoms with Crippen LogP contribution in [-0.2, 0) is 16.1 Å². The summed E-state index contributed by atoms with van der Waals surface area (Å²) >= 11 is 0. The number of nitrogens with zero attached hydrogens (tertiary/aromatic N) is 1. The molecule has 0 amide bonds. The van der Waals surface area contributed by atoms with E-state index in [0.29, 0.717) is 19.4 Å². The normalized spacial score (nSPS) is 16.2. The summed E-state index contributed by atoms with van der Waals surface area (Å²) in [5.74, 6) is 0.108. The fourth-order valence-electron chi connectivity index (χ4n) is 2.91. The third kappa shape index (κ3) is 2.60. The summed E-state index contributed by atoms with van der Waals surface area (Å²) in [6.07, 6.45) is 0.429. The first kappa shape index (κ1) is 14.3. The number of rotatable bonds is 5. The van der Waals surface area contributed by atoms with Crippen LogP contribution in [0.3, 0.4) is 0 Å². The molecular formula is C18H17NO3. The van der Waals surface area contributed by atoms with Gasteiger partial charge < -0.3 is 9.64 Å². The molecular weight excluding hydrogens is 278 g/mol. The average Bonchev–Trinajstić information content (AvgIpc) is 2.94. The van der Waals surface area contributed by atoms with Crippen LogP contribution in [-0.4, -0.2) is 25.7 Å². The number of methoxy groups -OCH3 is 1. The number of carbonyl (C=O) groups is 2. The Hall–Kier alpha value is -2.62. The fourth-order valence-corrected chi connectivity index (χ4v) is 2.91. The van der Waals surface area contributed by atoms with Gasteiger partial charge in [0, 0.05) is 18.8 Å². The molecule has 0 fully saturated rings. The molecule has 4 heteroatoms. The van der Waals surface area contributed by atoms with Gasteiger partial charge in [-0.25, -0.2) is 0 Å². The summed E-state index contributed by atoms with van der Waals surface area (Å²) < 4.78 is 5.16. The minimum Gasteiger partial charge on any atom is -0.497 e. The molecule has 0 bridgehead atoms. The highest BCUT2D eigenvalue weighted by Gasteiger charge is 2.32. The van der Waals surface area contributed by atoms with Crippen LogP contribution < -0.4 is 9.64 Å². The van der Waals surface area contributed by atoms with Crippen molar-refractivity contribution >= 4 is 17.8 Å². The van der Waals surface area contributed by atoms with Gasteiger partial charge in [0.1, 0.15) is 5.75 Å². The zero-order chi connectivity index (χ0) is 15.5. The number of aldehydes is 1. The van der Waals surface area contributed by atoms with Crippen LogP contribution in [0, 0.1) is 0 Å². The van der Waals surface area contributed by atoms with Crippen LogP contribution in [0.15, 0.2) is 48.5 Å². The van der Waals surface area contributed by atoms with Crippen molar-refractivity contribution in [3.63, 3.8) is 0 Å². The SMILES string of the molecule is COc1ccc(CN2CC(C(=O)C=O)c3ccccc32)cc1. The van der Waals surface area contributed by atoms with Gasteiger partial charge in [-0.1, -0.05) is 30.3 Å². The second-order valence-electron chi connectivity index (χ2n) is 5.36. The Morgan fingerprint density at radius 3 is 2.64 bits per heavy atom. The zero-order valence-corrected chi connectivity index (χ0v) is 12.4. The molecule has 0 aromatic heterocycles. The molecule has 0 aliphatic carbocycles. The Morgan fingerprint density at radius 2 is 1.95 bits per heavy atom. The molecule has 2 aromatic carbocycles. The minimum absolute atomic E-state index is 0.355. The van der Waals surface area contributed by atoms with E-state index in [1.807, 2.05) is 48.5 Å². The summed E-state index contributed by atoms with van der Waals surface area (Å²) in [7, 11) is 1.64. The molecule has 0 spiro atoms. The maximum absolute atomic E-state index is 11.8. The number of Topliss-reactive ketones (excluding diaryl/α,β-unsaturated/α-hetero) is 1. The van der Waals surface area contributed by atoms with Crippen LogP contribution in [0.5, 0.6) is 5.75 Å². The van der Waals surface area contributed by atoms with E-state index in [1.165, 1.54) is 0 Å². The van der Waals surface area contributed by atoms with E-state index in [9.17, 15) is 9.59 Å². The van der Waals surface area contributed by atoms with E-state index < -0.39 is 0 Å². The Balaban J connectivity index is 1.85. The number of hydrogen-bond donors (Lipinski definition) is 0. The topological polar surface area (TPSA) is 46.6 Å². The standard InChI is InChI=1S/C18H17NO3/c1-22-14-8-6-13(7-9-14)10-19-11-16(18(21)12-20)15-4-2-3-5-17(15)19/h2-9,12,16H,10-11H2,1H3. The van der Waals surface area contributed by atoms with Crippen molar-refractivity contribution in [3.05, 3.63) is 59.7 Å². The number of ketones is 1. The monoisotopic (exact) mass is 295 g/mol. The van der Waals surface area contributed by atoms with E-state index in [0.717, 1.165) is 22.6 Å². The summed E-state index contributed by atoms with van der Waals surface area (Å²) in [6, 6.07) is 15.6. The molecule has 4 nitrogen and oxygen atoms in total. The van der Waals surface area contributed by atoms with Crippen molar-refractivity contribution in [2.75, 3.05) is 18.6 Å². The molecule has 0 N–H and O–H groups in total.